The molecular weight excluding hydrogens is 288 g/mol. The standard InChI is InChI=1S/C19H30N2O2/c1-18(2,3)21(14-16-9-5-4-6-10-16)17(23)13-20-19(15-22)11-7-8-12-19/h4-6,9-10,20,22H,7-8,11-15H2,1-3H3. The summed E-state index contributed by atoms with van der Waals surface area (Å²) in [6.07, 6.45) is 4.14. The minimum absolute atomic E-state index is 0.0843. The zero-order valence-electron chi connectivity index (χ0n) is 14.6. The van der Waals surface area contributed by atoms with E-state index in [-0.39, 0.29) is 30.1 Å². The minimum atomic E-state index is -0.258. The van der Waals surface area contributed by atoms with Crippen LogP contribution < -0.4 is 5.32 Å². The highest BCUT2D eigenvalue weighted by molar-refractivity contribution is 5.79. The van der Waals surface area contributed by atoms with Crippen molar-refractivity contribution >= 4 is 5.91 Å². The van der Waals surface area contributed by atoms with Crippen molar-refractivity contribution in [2.24, 2.45) is 0 Å². The van der Waals surface area contributed by atoms with Gasteiger partial charge in [-0.25, -0.2) is 0 Å². The number of benzene rings is 1. The van der Waals surface area contributed by atoms with Crippen molar-refractivity contribution in [2.75, 3.05) is 13.2 Å². The number of nitrogens with one attached hydrogen (secondary N) is 1. The lowest BCUT2D eigenvalue weighted by Crippen LogP contribution is -2.53. The van der Waals surface area contributed by atoms with Crippen molar-refractivity contribution in [3.63, 3.8) is 0 Å². The molecule has 1 amide bonds. The number of nitrogens with zero attached hydrogens (tertiary/aromatic N) is 1. The van der Waals surface area contributed by atoms with E-state index in [2.05, 4.69) is 26.1 Å². The van der Waals surface area contributed by atoms with Gasteiger partial charge < -0.3 is 15.3 Å². The zero-order valence-corrected chi connectivity index (χ0v) is 14.6. The lowest BCUT2D eigenvalue weighted by molar-refractivity contribution is -0.136. The normalized spacial score (nSPS) is 17.2. The summed E-state index contributed by atoms with van der Waals surface area (Å²) in [5, 5.41) is 13.0. The molecule has 0 aromatic heterocycles. The fourth-order valence-electron chi connectivity index (χ4n) is 3.27. The first-order chi connectivity index (χ1) is 10.9. The fourth-order valence-corrected chi connectivity index (χ4v) is 3.27. The predicted octanol–water partition coefficient (Wildman–Crippen LogP) is 2.71. The molecule has 0 saturated heterocycles. The van der Waals surface area contributed by atoms with E-state index in [9.17, 15) is 9.90 Å². The Morgan fingerprint density at radius 3 is 2.35 bits per heavy atom. The van der Waals surface area contributed by atoms with Crippen LogP contribution in [-0.2, 0) is 11.3 Å². The van der Waals surface area contributed by atoms with E-state index in [1.807, 2.05) is 35.2 Å². The second-order valence-electron chi connectivity index (χ2n) is 7.64. The molecule has 0 bridgehead atoms. The van der Waals surface area contributed by atoms with Crippen LogP contribution in [0.1, 0.15) is 52.0 Å². The van der Waals surface area contributed by atoms with Crippen molar-refractivity contribution in [3.8, 4) is 0 Å². The lowest BCUT2D eigenvalue weighted by Gasteiger charge is -2.37. The lowest BCUT2D eigenvalue weighted by atomic mass is 9.98. The van der Waals surface area contributed by atoms with Crippen molar-refractivity contribution in [1.82, 2.24) is 10.2 Å². The zero-order chi connectivity index (χ0) is 16.9. The Balaban J connectivity index is 2.02. The summed E-state index contributed by atoms with van der Waals surface area (Å²) >= 11 is 0. The van der Waals surface area contributed by atoms with Crippen molar-refractivity contribution in [1.29, 1.82) is 0 Å². The summed E-state index contributed by atoms with van der Waals surface area (Å²) in [4.78, 5) is 14.7. The molecule has 2 rings (SSSR count). The number of rotatable bonds is 6. The molecule has 0 unspecified atom stereocenters. The van der Waals surface area contributed by atoms with Crippen LogP contribution in [0.25, 0.3) is 0 Å². The number of aliphatic hydroxyl groups excluding tert-OH is 1. The number of hydrogen-bond donors (Lipinski definition) is 2. The van der Waals surface area contributed by atoms with Crippen LogP contribution in [0.15, 0.2) is 30.3 Å². The first kappa shape index (κ1) is 18.0. The molecule has 1 aromatic rings. The maximum Gasteiger partial charge on any atom is 0.237 e. The van der Waals surface area contributed by atoms with Crippen molar-refractivity contribution in [2.45, 2.75) is 64.1 Å². The van der Waals surface area contributed by atoms with Gasteiger partial charge in [0.15, 0.2) is 0 Å². The molecule has 4 heteroatoms. The second-order valence-corrected chi connectivity index (χ2v) is 7.64. The van der Waals surface area contributed by atoms with Crippen LogP contribution in [-0.4, -0.2) is 40.1 Å². The maximum absolute atomic E-state index is 12.8. The number of carbonyl (C=O) groups is 1. The Morgan fingerprint density at radius 2 is 1.83 bits per heavy atom. The number of aliphatic hydroxyl groups is 1. The van der Waals surface area contributed by atoms with Gasteiger partial charge in [-0.15, -0.1) is 0 Å². The van der Waals surface area contributed by atoms with E-state index < -0.39 is 0 Å². The van der Waals surface area contributed by atoms with E-state index >= 15 is 0 Å². The van der Waals surface area contributed by atoms with Gasteiger partial charge in [0, 0.05) is 17.6 Å². The number of hydrogen-bond acceptors (Lipinski definition) is 3. The van der Waals surface area contributed by atoms with Gasteiger partial charge in [-0.05, 0) is 39.2 Å². The molecule has 0 heterocycles. The molecule has 1 aliphatic carbocycles. The van der Waals surface area contributed by atoms with Crippen LogP contribution in [0, 0.1) is 0 Å². The number of amides is 1. The highest BCUT2D eigenvalue weighted by atomic mass is 16.3. The van der Waals surface area contributed by atoms with Gasteiger partial charge in [-0.2, -0.15) is 0 Å². The molecule has 1 fully saturated rings. The Hall–Kier alpha value is -1.39. The van der Waals surface area contributed by atoms with Gasteiger partial charge in [-0.3, -0.25) is 4.79 Å². The highest BCUT2D eigenvalue weighted by Crippen LogP contribution is 2.29. The van der Waals surface area contributed by atoms with Crippen molar-refractivity contribution < 1.29 is 9.90 Å². The van der Waals surface area contributed by atoms with Crippen LogP contribution >= 0.6 is 0 Å². The fraction of sp³-hybridized carbons (Fsp3) is 0.632. The summed E-state index contributed by atoms with van der Waals surface area (Å²) in [5.41, 5.74) is 0.635. The largest absolute Gasteiger partial charge is 0.394 e. The van der Waals surface area contributed by atoms with E-state index in [0.717, 1.165) is 31.2 Å². The van der Waals surface area contributed by atoms with Gasteiger partial charge in [0.1, 0.15) is 0 Å². The first-order valence-corrected chi connectivity index (χ1v) is 8.57. The molecule has 0 radical (unpaired) electrons. The molecule has 23 heavy (non-hydrogen) atoms. The summed E-state index contributed by atoms with van der Waals surface area (Å²) in [6, 6.07) is 10.1. The smallest absolute Gasteiger partial charge is 0.237 e. The topological polar surface area (TPSA) is 52.6 Å². The average molecular weight is 318 g/mol. The highest BCUT2D eigenvalue weighted by Gasteiger charge is 2.34. The van der Waals surface area contributed by atoms with Crippen LogP contribution in [0.2, 0.25) is 0 Å². The molecule has 2 N–H and O–H groups in total. The van der Waals surface area contributed by atoms with E-state index in [0.29, 0.717) is 6.54 Å². The average Bonchev–Trinajstić information content (AvgIpc) is 3.00. The summed E-state index contributed by atoms with van der Waals surface area (Å²) in [7, 11) is 0. The van der Waals surface area contributed by atoms with Gasteiger partial charge in [0.2, 0.25) is 5.91 Å². The Kier molecular flexibility index (Phi) is 5.82. The quantitative estimate of drug-likeness (QED) is 0.848. The van der Waals surface area contributed by atoms with Crippen molar-refractivity contribution in [3.05, 3.63) is 35.9 Å². The maximum atomic E-state index is 12.8. The SMILES string of the molecule is CC(C)(C)N(Cc1ccccc1)C(=O)CNC1(CO)CCCC1. The van der Waals surface area contributed by atoms with Gasteiger partial charge >= 0.3 is 0 Å². The molecule has 128 valence electrons. The molecule has 1 aliphatic rings. The molecule has 1 aromatic carbocycles. The van der Waals surface area contributed by atoms with Gasteiger partial charge in [-0.1, -0.05) is 43.2 Å². The molecule has 0 atom stereocenters. The first-order valence-electron chi connectivity index (χ1n) is 8.57. The number of carbonyl (C=O) groups excluding carboxylic acids is 1. The van der Waals surface area contributed by atoms with E-state index in [4.69, 9.17) is 0 Å². The molecule has 4 nitrogen and oxygen atoms in total. The Labute approximate surface area is 139 Å². The minimum Gasteiger partial charge on any atom is -0.394 e. The Morgan fingerprint density at radius 1 is 1.22 bits per heavy atom. The third kappa shape index (κ3) is 4.79. The van der Waals surface area contributed by atoms with Gasteiger partial charge in [0.05, 0.1) is 13.2 Å². The van der Waals surface area contributed by atoms with Gasteiger partial charge in [0.25, 0.3) is 0 Å². The summed E-state index contributed by atoms with van der Waals surface area (Å²) < 4.78 is 0. The second kappa shape index (κ2) is 7.45. The summed E-state index contributed by atoms with van der Waals surface area (Å²) in [5.74, 6) is 0.0843. The predicted molar refractivity (Wildman–Crippen MR) is 93.0 cm³/mol. The molecule has 0 spiro atoms. The van der Waals surface area contributed by atoms with Crippen LogP contribution in [0.5, 0.6) is 0 Å². The van der Waals surface area contributed by atoms with E-state index in [1.165, 1.54) is 0 Å². The molecule has 0 aliphatic heterocycles. The third-order valence-corrected chi connectivity index (χ3v) is 4.77. The third-order valence-electron chi connectivity index (χ3n) is 4.77. The Bertz CT molecular complexity index is 502. The van der Waals surface area contributed by atoms with E-state index in [1.54, 1.807) is 0 Å². The monoisotopic (exact) mass is 318 g/mol. The molecular formula is C19H30N2O2. The van der Waals surface area contributed by atoms with Crippen LogP contribution in [0.4, 0.5) is 0 Å². The molecule has 1 saturated carbocycles. The summed E-state index contributed by atoms with van der Waals surface area (Å²) in [6.45, 7) is 7.18. The van der Waals surface area contributed by atoms with Crippen LogP contribution in [0.3, 0.4) is 0 Å².